The van der Waals surface area contributed by atoms with Gasteiger partial charge in [-0.15, -0.1) is 0 Å². The van der Waals surface area contributed by atoms with Gasteiger partial charge in [-0.25, -0.2) is 4.39 Å². The molecule has 1 N–H and O–H groups in total. The average molecular weight is 272 g/mol. The molecule has 0 aromatic heterocycles. The van der Waals surface area contributed by atoms with E-state index >= 15 is 0 Å². The van der Waals surface area contributed by atoms with Gasteiger partial charge < -0.3 is 10.1 Å². The predicted molar refractivity (Wildman–Crippen MR) is 67.1 cm³/mol. The first-order valence-corrected chi connectivity index (χ1v) is 6.33. The summed E-state index contributed by atoms with van der Waals surface area (Å²) in [6, 6.07) is 4.59. The lowest BCUT2D eigenvalue weighted by Gasteiger charge is -2.17. The number of carbonyl (C=O) groups is 1. The van der Waals surface area contributed by atoms with Crippen LogP contribution in [0.1, 0.15) is 18.4 Å². The van der Waals surface area contributed by atoms with Gasteiger partial charge >= 0.3 is 5.97 Å². The monoisotopic (exact) mass is 271 g/mol. The molecular weight excluding hydrogens is 257 g/mol. The van der Waals surface area contributed by atoms with Crippen molar-refractivity contribution in [2.24, 2.45) is 5.92 Å². The van der Waals surface area contributed by atoms with Crippen LogP contribution in [0.5, 0.6) is 0 Å². The maximum atomic E-state index is 13.1. The second-order valence-corrected chi connectivity index (χ2v) is 4.70. The van der Waals surface area contributed by atoms with E-state index in [2.05, 4.69) is 5.32 Å². The van der Waals surface area contributed by atoms with Gasteiger partial charge in [0.25, 0.3) is 0 Å². The molecule has 1 aliphatic rings. The van der Waals surface area contributed by atoms with Crippen LogP contribution < -0.4 is 5.32 Å². The normalized spacial score (nSPS) is 23.1. The number of rotatable bonds is 3. The van der Waals surface area contributed by atoms with E-state index in [9.17, 15) is 9.18 Å². The minimum atomic E-state index is -0.445. The zero-order valence-electron chi connectivity index (χ0n) is 10.1. The molecule has 2 atom stereocenters. The van der Waals surface area contributed by atoms with Crippen LogP contribution in [-0.2, 0) is 9.53 Å². The number of benzene rings is 1. The summed E-state index contributed by atoms with van der Waals surface area (Å²) in [4.78, 5) is 11.8. The Kier molecular flexibility index (Phi) is 4.19. The molecule has 18 heavy (non-hydrogen) atoms. The van der Waals surface area contributed by atoms with Crippen molar-refractivity contribution in [3.8, 4) is 0 Å². The van der Waals surface area contributed by atoms with E-state index in [1.807, 2.05) is 0 Å². The Morgan fingerprint density at radius 1 is 1.56 bits per heavy atom. The van der Waals surface area contributed by atoms with Gasteiger partial charge in [0.2, 0.25) is 0 Å². The largest absolute Gasteiger partial charge is 0.466 e. The summed E-state index contributed by atoms with van der Waals surface area (Å²) in [5.41, 5.74) is 0.865. The van der Waals surface area contributed by atoms with Crippen molar-refractivity contribution in [2.45, 2.75) is 12.8 Å². The molecular formula is C13H15ClFNO2. The Morgan fingerprint density at radius 2 is 2.33 bits per heavy atom. The van der Waals surface area contributed by atoms with E-state index in [1.165, 1.54) is 6.07 Å². The molecule has 2 unspecified atom stereocenters. The molecule has 0 saturated carbocycles. The fourth-order valence-corrected chi connectivity index (χ4v) is 2.46. The molecule has 3 nitrogen and oxygen atoms in total. The van der Waals surface area contributed by atoms with Crippen LogP contribution in [0, 0.1) is 11.7 Å². The summed E-state index contributed by atoms with van der Waals surface area (Å²) in [6.07, 6.45) is 0. The van der Waals surface area contributed by atoms with Crippen molar-refractivity contribution in [2.75, 3.05) is 19.7 Å². The first-order valence-electron chi connectivity index (χ1n) is 5.95. The molecule has 0 aliphatic carbocycles. The summed E-state index contributed by atoms with van der Waals surface area (Å²) in [5, 5.41) is 3.24. The Bertz CT molecular complexity index is 453. The summed E-state index contributed by atoms with van der Waals surface area (Å²) in [7, 11) is 0. The lowest BCUT2D eigenvalue weighted by molar-refractivity contribution is -0.147. The number of hydrogen-bond donors (Lipinski definition) is 1. The summed E-state index contributed by atoms with van der Waals surface area (Å²) < 4.78 is 18.2. The fourth-order valence-electron chi connectivity index (χ4n) is 2.27. The molecule has 1 aromatic rings. The van der Waals surface area contributed by atoms with Gasteiger partial charge in [0.1, 0.15) is 5.82 Å². The number of carbonyl (C=O) groups excluding carboxylic acids is 1. The second-order valence-electron chi connectivity index (χ2n) is 4.30. The summed E-state index contributed by atoms with van der Waals surface area (Å²) in [5.74, 6) is -0.902. The van der Waals surface area contributed by atoms with Crippen LogP contribution in [0.4, 0.5) is 4.39 Å². The molecule has 0 radical (unpaired) electrons. The molecule has 1 aliphatic heterocycles. The molecule has 5 heteroatoms. The van der Waals surface area contributed by atoms with E-state index < -0.39 is 5.82 Å². The zero-order chi connectivity index (χ0) is 13.1. The van der Waals surface area contributed by atoms with Crippen molar-refractivity contribution < 1.29 is 13.9 Å². The molecule has 0 amide bonds. The Labute approximate surface area is 110 Å². The van der Waals surface area contributed by atoms with Crippen molar-refractivity contribution in [3.05, 3.63) is 34.6 Å². The standard InChI is InChI=1S/C13H15ClFNO2/c1-2-18-13(17)10-7-16-6-9(10)8-3-4-12(15)11(14)5-8/h3-5,9-10,16H,2,6-7H2,1H3. The summed E-state index contributed by atoms with van der Waals surface area (Å²) >= 11 is 5.77. The first-order chi connectivity index (χ1) is 8.63. The van der Waals surface area contributed by atoms with Crippen LogP contribution in [-0.4, -0.2) is 25.7 Å². The number of halogens is 2. The highest BCUT2D eigenvalue weighted by Gasteiger charge is 2.35. The molecule has 2 rings (SSSR count). The molecule has 1 heterocycles. The topological polar surface area (TPSA) is 38.3 Å². The molecule has 0 spiro atoms. The maximum Gasteiger partial charge on any atom is 0.310 e. The average Bonchev–Trinajstić information content (AvgIpc) is 2.82. The quantitative estimate of drug-likeness (QED) is 0.858. The van der Waals surface area contributed by atoms with E-state index in [4.69, 9.17) is 16.3 Å². The van der Waals surface area contributed by atoms with Gasteiger partial charge in [0.15, 0.2) is 0 Å². The third-order valence-corrected chi connectivity index (χ3v) is 3.47. The van der Waals surface area contributed by atoms with Crippen molar-refractivity contribution in [3.63, 3.8) is 0 Å². The minimum Gasteiger partial charge on any atom is -0.466 e. The third-order valence-electron chi connectivity index (χ3n) is 3.18. The van der Waals surface area contributed by atoms with Crippen LogP contribution in [0.15, 0.2) is 18.2 Å². The molecule has 1 fully saturated rings. The minimum absolute atomic E-state index is 0.0119. The van der Waals surface area contributed by atoms with Gasteiger partial charge in [-0.1, -0.05) is 17.7 Å². The number of ether oxygens (including phenoxy) is 1. The van der Waals surface area contributed by atoms with E-state index in [0.29, 0.717) is 19.7 Å². The molecule has 98 valence electrons. The number of esters is 1. The van der Waals surface area contributed by atoms with Crippen LogP contribution >= 0.6 is 11.6 Å². The second kappa shape index (κ2) is 5.67. The van der Waals surface area contributed by atoms with Gasteiger partial charge in [-0.3, -0.25) is 4.79 Å². The highest BCUT2D eigenvalue weighted by atomic mass is 35.5. The summed E-state index contributed by atoms with van der Waals surface area (Å²) in [6.45, 7) is 3.40. The van der Waals surface area contributed by atoms with E-state index in [0.717, 1.165) is 5.56 Å². The van der Waals surface area contributed by atoms with Gasteiger partial charge in [0, 0.05) is 19.0 Å². The highest BCUT2D eigenvalue weighted by molar-refractivity contribution is 6.30. The zero-order valence-corrected chi connectivity index (χ0v) is 10.8. The van der Waals surface area contributed by atoms with Gasteiger partial charge in [0.05, 0.1) is 17.5 Å². The highest BCUT2D eigenvalue weighted by Crippen LogP contribution is 2.31. The first kappa shape index (κ1) is 13.3. The number of hydrogen-bond acceptors (Lipinski definition) is 3. The lowest BCUT2D eigenvalue weighted by atomic mass is 9.89. The molecule has 1 aromatic carbocycles. The van der Waals surface area contributed by atoms with Gasteiger partial charge in [-0.2, -0.15) is 0 Å². The SMILES string of the molecule is CCOC(=O)C1CNCC1c1ccc(F)c(Cl)c1. The Hall–Kier alpha value is -1.13. The fraction of sp³-hybridized carbons (Fsp3) is 0.462. The number of nitrogens with one attached hydrogen (secondary N) is 1. The lowest BCUT2D eigenvalue weighted by Crippen LogP contribution is -2.24. The van der Waals surface area contributed by atoms with Gasteiger partial charge in [-0.05, 0) is 24.6 Å². The van der Waals surface area contributed by atoms with E-state index in [1.54, 1.807) is 19.1 Å². The molecule has 1 saturated heterocycles. The van der Waals surface area contributed by atoms with Crippen molar-refractivity contribution >= 4 is 17.6 Å². The Balaban J connectivity index is 2.20. The van der Waals surface area contributed by atoms with E-state index in [-0.39, 0.29) is 22.8 Å². The van der Waals surface area contributed by atoms with Crippen molar-refractivity contribution in [1.29, 1.82) is 0 Å². The van der Waals surface area contributed by atoms with Crippen LogP contribution in [0.3, 0.4) is 0 Å². The smallest absolute Gasteiger partial charge is 0.310 e. The van der Waals surface area contributed by atoms with Crippen LogP contribution in [0.2, 0.25) is 5.02 Å². The predicted octanol–water partition coefficient (Wildman–Crippen LogP) is 2.35. The Morgan fingerprint density at radius 3 is 3.00 bits per heavy atom. The van der Waals surface area contributed by atoms with Crippen molar-refractivity contribution in [1.82, 2.24) is 5.32 Å². The van der Waals surface area contributed by atoms with Crippen LogP contribution in [0.25, 0.3) is 0 Å². The third kappa shape index (κ3) is 2.65. The molecule has 0 bridgehead atoms. The maximum absolute atomic E-state index is 13.1.